The first-order valence-electron chi connectivity index (χ1n) is 12.7. The Kier molecular flexibility index (Phi) is 6.16. The molecule has 9 heteroatoms. The predicted octanol–water partition coefficient (Wildman–Crippen LogP) is 4.25. The summed E-state index contributed by atoms with van der Waals surface area (Å²) in [5.74, 6) is 1.68. The van der Waals surface area contributed by atoms with E-state index >= 15 is 0 Å². The zero-order valence-electron chi connectivity index (χ0n) is 20.2. The van der Waals surface area contributed by atoms with Gasteiger partial charge in [0.2, 0.25) is 5.91 Å². The molecule has 1 saturated carbocycles. The number of carbonyl (C=O) groups excluding carboxylic acids is 1. The molecule has 1 aliphatic heterocycles. The lowest BCUT2D eigenvalue weighted by atomic mass is 9.73. The first kappa shape index (κ1) is 22.8. The molecule has 1 aliphatic carbocycles. The van der Waals surface area contributed by atoms with Gasteiger partial charge in [-0.2, -0.15) is 0 Å². The lowest BCUT2D eigenvalue weighted by Gasteiger charge is -2.33. The van der Waals surface area contributed by atoms with E-state index in [0.717, 1.165) is 59.5 Å². The maximum absolute atomic E-state index is 12.1. The molecule has 9 nitrogen and oxygen atoms in total. The van der Waals surface area contributed by atoms with Crippen LogP contribution in [0.1, 0.15) is 62.4 Å². The van der Waals surface area contributed by atoms with Crippen LogP contribution in [0.5, 0.6) is 0 Å². The normalized spacial score (nSPS) is 23.5. The van der Waals surface area contributed by atoms with Crippen molar-refractivity contribution in [1.29, 1.82) is 0 Å². The maximum atomic E-state index is 12.1. The van der Waals surface area contributed by atoms with Crippen LogP contribution in [0.4, 0.5) is 5.69 Å². The molecule has 4 aromatic heterocycles. The number of nitrogens with one attached hydrogen (secondary N) is 4. The van der Waals surface area contributed by atoms with Crippen LogP contribution in [0.25, 0.3) is 22.3 Å². The van der Waals surface area contributed by atoms with Crippen molar-refractivity contribution in [2.45, 2.75) is 57.0 Å². The molecule has 0 spiro atoms. The number of H-pyrrole nitrogens is 1. The van der Waals surface area contributed by atoms with Crippen LogP contribution in [0.15, 0.2) is 55.2 Å². The molecular weight excluding hydrogens is 452 g/mol. The zero-order chi connectivity index (χ0) is 24.5. The second kappa shape index (κ2) is 9.75. The van der Waals surface area contributed by atoms with Crippen molar-refractivity contribution >= 4 is 22.8 Å². The van der Waals surface area contributed by atoms with Crippen LogP contribution < -0.4 is 16.2 Å². The number of aromatic nitrogens is 5. The zero-order valence-corrected chi connectivity index (χ0v) is 20.2. The number of carbonyl (C=O) groups is 1. The van der Waals surface area contributed by atoms with E-state index in [1.807, 2.05) is 37.5 Å². The number of nitrogens with zero attached hydrogens (tertiary/aromatic N) is 4. The highest BCUT2D eigenvalue weighted by Gasteiger charge is 2.42. The minimum absolute atomic E-state index is 0.0362. The van der Waals surface area contributed by atoms with Gasteiger partial charge in [0.25, 0.3) is 0 Å². The number of rotatable bonds is 6. The number of anilines is 1. The molecule has 4 aromatic rings. The van der Waals surface area contributed by atoms with E-state index in [2.05, 4.69) is 42.2 Å². The van der Waals surface area contributed by atoms with Crippen LogP contribution in [-0.2, 0) is 4.79 Å². The average molecular weight is 483 g/mol. The van der Waals surface area contributed by atoms with E-state index in [4.69, 9.17) is 4.98 Å². The van der Waals surface area contributed by atoms with Gasteiger partial charge in [0, 0.05) is 42.8 Å². The van der Waals surface area contributed by atoms with Gasteiger partial charge >= 0.3 is 0 Å². The highest BCUT2D eigenvalue weighted by atomic mass is 16.1. The Balaban J connectivity index is 1.25. The summed E-state index contributed by atoms with van der Waals surface area (Å²) in [6, 6.07) is 8.53. The van der Waals surface area contributed by atoms with Crippen molar-refractivity contribution in [3.63, 3.8) is 0 Å². The number of hydrogen-bond acceptors (Lipinski definition) is 7. The Morgan fingerprint density at radius 1 is 1.08 bits per heavy atom. The molecule has 4 unspecified atom stereocenters. The van der Waals surface area contributed by atoms with Crippen molar-refractivity contribution in [2.75, 3.05) is 5.32 Å². The van der Waals surface area contributed by atoms with E-state index in [0.29, 0.717) is 24.3 Å². The molecule has 36 heavy (non-hydrogen) atoms. The summed E-state index contributed by atoms with van der Waals surface area (Å²) in [6.07, 6.45) is 13.6. The van der Waals surface area contributed by atoms with Gasteiger partial charge in [-0.3, -0.25) is 20.2 Å². The molecule has 0 bridgehead atoms. The third-order valence-corrected chi connectivity index (χ3v) is 7.44. The molecule has 2 aliphatic rings. The van der Waals surface area contributed by atoms with Gasteiger partial charge in [0.05, 0.1) is 23.4 Å². The van der Waals surface area contributed by atoms with Crippen LogP contribution in [0, 0.1) is 5.92 Å². The number of amides is 1. The quantitative estimate of drug-likeness (QED) is 0.324. The van der Waals surface area contributed by atoms with Crippen molar-refractivity contribution in [1.82, 2.24) is 35.8 Å². The monoisotopic (exact) mass is 482 g/mol. The second-order valence-electron chi connectivity index (χ2n) is 9.77. The third-order valence-electron chi connectivity index (χ3n) is 7.44. The highest BCUT2D eigenvalue weighted by Crippen LogP contribution is 2.44. The molecule has 1 saturated heterocycles. The van der Waals surface area contributed by atoms with Crippen molar-refractivity contribution in [3.8, 4) is 11.1 Å². The molecule has 4 N–H and O–H groups in total. The Morgan fingerprint density at radius 3 is 2.83 bits per heavy atom. The van der Waals surface area contributed by atoms with E-state index in [9.17, 15) is 4.79 Å². The largest absolute Gasteiger partial charge is 0.339 e. The minimum atomic E-state index is 0.0362. The number of fused-ring (bicyclic) bond motifs is 2. The van der Waals surface area contributed by atoms with Crippen LogP contribution in [0.3, 0.4) is 0 Å². The minimum Gasteiger partial charge on any atom is -0.339 e. The molecule has 0 radical (unpaired) electrons. The molecular formula is C27H30N8O. The molecule has 184 valence electrons. The first-order valence-corrected chi connectivity index (χ1v) is 12.7. The van der Waals surface area contributed by atoms with Crippen LogP contribution in [0.2, 0.25) is 0 Å². The van der Waals surface area contributed by atoms with Gasteiger partial charge in [-0.15, -0.1) is 0 Å². The smallest absolute Gasteiger partial charge is 0.224 e. The lowest BCUT2D eigenvalue weighted by molar-refractivity contribution is -0.116. The van der Waals surface area contributed by atoms with E-state index in [1.165, 1.54) is 5.56 Å². The van der Waals surface area contributed by atoms with Crippen LogP contribution in [-0.4, -0.2) is 36.9 Å². The fraction of sp³-hybridized carbons (Fsp3) is 0.370. The average Bonchev–Trinajstić information content (AvgIpc) is 3.53. The molecule has 5 heterocycles. The van der Waals surface area contributed by atoms with Gasteiger partial charge in [-0.25, -0.2) is 15.4 Å². The number of imidazole rings is 1. The van der Waals surface area contributed by atoms with Gasteiger partial charge in [0.15, 0.2) is 5.65 Å². The Bertz CT molecular complexity index is 1370. The highest BCUT2D eigenvalue weighted by molar-refractivity contribution is 5.90. The summed E-state index contributed by atoms with van der Waals surface area (Å²) in [5, 5.41) is 2.98. The summed E-state index contributed by atoms with van der Waals surface area (Å²) in [7, 11) is 0. The SMILES string of the molecule is CCCC(=O)Nc1cncc(C2CCC3NNC(c4nc5nccc(-c6ccncc6)c5[nH]4)C3C2)c1. The standard InChI is InChI=1S/C27H30N8O/c1-2-3-23(36)31-19-12-18(14-29-15-19)17-4-5-22-21(13-17)25(35-34-22)27-32-24-20(8-11-30-26(24)33-27)16-6-9-28-10-7-16/h6-12,14-15,17,21-22,25,34-35H,2-5,13H2,1H3,(H,31,36)(H,30,32,33). The third kappa shape index (κ3) is 4.36. The fourth-order valence-electron chi connectivity index (χ4n) is 5.68. The van der Waals surface area contributed by atoms with E-state index in [-0.39, 0.29) is 11.9 Å². The summed E-state index contributed by atoms with van der Waals surface area (Å²) in [6.45, 7) is 2.00. The molecule has 1 amide bonds. The summed E-state index contributed by atoms with van der Waals surface area (Å²) < 4.78 is 0. The topological polar surface area (TPSA) is 121 Å². The fourth-order valence-corrected chi connectivity index (χ4v) is 5.68. The Hall–Kier alpha value is -3.69. The molecule has 6 rings (SSSR count). The summed E-state index contributed by atoms with van der Waals surface area (Å²) >= 11 is 0. The lowest BCUT2D eigenvalue weighted by Crippen LogP contribution is -2.34. The van der Waals surface area contributed by atoms with Gasteiger partial charge in [-0.1, -0.05) is 6.92 Å². The summed E-state index contributed by atoms with van der Waals surface area (Å²) in [5.41, 5.74) is 12.8. The van der Waals surface area contributed by atoms with E-state index < -0.39 is 0 Å². The van der Waals surface area contributed by atoms with Crippen molar-refractivity contribution < 1.29 is 4.79 Å². The first-order chi connectivity index (χ1) is 17.7. The van der Waals surface area contributed by atoms with Crippen LogP contribution >= 0.6 is 0 Å². The second-order valence-corrected chi connectivity index (χ2v) is 9.77. The van der Waals surface area contributed by atoms with Crippen molar-refractivity contribution in [3.05, 3.63) is 66.6 Å². The van der Waals surface area contributed by atoms with Crippen molar-refractivity contribution in [2.24, 2.45) is 5.92 Å². The van der Waals surface area contributed by atoms with Gasteiger partial charge < -0.3 is 10.3 Å². The van der Waals surface area contributed by atoms with Gasteiger partial charge in [0.1, 0.15) is 5.82 Å². The van der Waals surface area contributed by atoms with E-state index in [1.54, 1.807) is 18.6 Å². The number of hydrogen-bond donors (Lipinski definition) is 4. The number of hydrazine groups is 1. The summed E-state index contributed by atoms with van der Waals surface area (Å²) in [4.78, 5) is 33.6. The predicted molar refractivity (Wildman–Crippen MR) is 138 cm³/mol. The molecule has 4 atom stereocenters. The van der Waals surface area contributed by atoms with Gasteiger partial charge in [-0.05, 0) is 72.9 Å². The number of aromatic amines is 1. The maximum Gasteiger partial charge on any atom is 0.224 e. The number of pyridine rings is 3. The molecule has 2 fully saturated rings. The Morgan fingerprint density at radius 2 is 1.97 bits per heavy atom. The molecule has 0 aromatic carbocycles. The Labute approximate surface area is 209 Å².